The highest BCUT2D eigenvalue weighted by Gasteiger charge is 2.12. The lowest BCUT2D eigenvalue weighted by Gasteiger charge is -2.03. The van der Waals surface area contributed by atoms with Crippen LogP contribution in [0.4, 0.5) is 0 Å². The monoisotopic (exact) mass is 326 g/mol. The first-order chi connectivity index (χ1) is 8.56. The third-order valence-electron chi connectivity index (χ3n) is 2.27. The minimum atomic E-state index is -1.08. The summed E-state index contributed by atoms with van der Waals surface area (Å²) in [4.78, 5) is 19.0. The van der Waals surface area contributed by atoms with Crippen LogP contribution in [0, 0.1) is 0 Å². The van der Waals surface area contributed by atoms with E-state index >= 15 is 0 Å². The van der Waals surface area contributed by atoms with Gasteiger partial charge in [-0.15, -0.1) is 0 Å². The van der Waals surface area contributed by atoms with Crippen molar-refractivity contribution in [3.8, 4) is 0 Å². The number of halogens is 2. The number of nitrogens with zero attached hydrogens (tertiary/aromatic N) is 2. The lowest BCUT2D eigenvalue weighted by molar-refractivity contribution is 0.0688. The first kappa shape index (κ1) is 13.0. The van der Waals surface area contributed by atoms with Crippen molar-refractivity contribution in [1.82, 2.24) is 9.97 Å². The number of hydrogen-bond donors (Lipinski definition) is 1. The van der Waals surface area contributed by atoms with Gasteiger partial charge >= 0.3 is 5.97 Å². The fourth-order valence-electron chi connectivity index (χ4n) is 1.42. The molecule has 92 valence electrons. The van der Waals surface area contributed by atoms with E-state index in [0.29, 0.717) is 21.7 Å². The van der Waals surface area contributed by atoms with E-state index in [-0.39, 0.29) is 5.69 Å². The quantitative estimate of drug-likeness (QED) is 0.940. The first-order valence-electron chi connectivity index (χ1n) is 5.05. The maximum absolute atomic E-state index is 10.9. The van der Waals surface area contributed by atoms with Gasteiger partial charge in [-0.2, -0.15) is 0 Å². The van der Waals surface area contributed by atoms with Crippen LogP contribution in [0.1, 0.15) is 21.9 Å². The van der Waals surface area contributed by atoms with Crippen LogP contribution in [-0.2, 0) is 6.42 Å². The van der Waals surface area contributed by atoms with Crippen molar-refractivity contribution in [3.63, 3.8) is 0 Å². The summed E-state index contributed by atoms with van der Waals surface area (Å²) in [6.07, 6.45) is 1.91. The largest absolute Gasteiger partial charge is 0.476 e. The summed E-state index contributed by atoms with van der Waals surface area (Å²) < 4.78 is 0.370. The van der Waals surface area contributed by atoms with Gasteiger partial charge in [-0.05, 0) is 33.6 Å². The second-order valence-corrected chi connectivity index (χ2v) is 4.88. The first-order valence-corrected chi connectivity index (χ1v) is 6.22. The molecule has 0 radical (unpaired) electrons. The van der Waals surface area contributed by atoms with Gasteiger partial charge in [0.1, 0.15) is 5.82 Å². The second-order valence-electron chi connectivity index (χ2n) is 3.59. The Labute approximate surface area is 117 Å². The molecule has 0 aliphatic carbocycles. The maximum atomic E-state index is 10.9. The molecule has 0 amide bonds. The van der Waals surface area contributed by atoms with Gasteiger partial charge in [-0.1, -0.05) is 23.7 Å². The summed E-state index contributed by atoms with van der Waals surface area (Å²) in [6.45, 7) is 0. The Bertz CT molecular complexity index is 587. The lowest BCUT2D eigenvalue weighted by atomic mass is 10.1. The third kappa shape index (κ3) is 3.05. The van der Waals surface area contributed by atoms with Gasteiger partial charge in [0, 0.05) is 17.6 Å². The number of rotatable bonds is 3. The van der Waals surface area contributed by atoms with Gasteiger partial charge in [-0.25, -0.2) is 14.8 Å². The summed E-state index contributed by atoms with van der Waals surface area (Å²) >= 11 is 8.89. The van der Waals surface area contributed by atoms with Crippen molar-refractivity contribution in [2.45, 2.75) is 6.42 Å². The normalized spacial score (nSPS) is 10.3. The van der Waals surface area contributed by atoms with E-state index in [1.807, 2.05) is 12.1 Å². The van der Waals surface area contributed by atoms with Crippen LogP contribution in [0.5, 0.6) is 0 Å². The summed E-state index contributed by atoms with van der Waals surface area (Å²) in [7, 11) is 0. The molecule has 0 saturated heterocycles. The van der Waals surface area contributed by atoms with Gasteiger partial charge in [0.15, 0.2) is 5.69 Å². The smallest absolute Gasteiger partial charge is 0.355 e. The van der Waals surface area contributed by atoms with Crippen LogP contribution in [-0.4, -0.2) is 21.0 Å². The number of benzene rings is 1. The Balaban J connectivity index is 2.27. The molecule has 0 unspecified atom stereocenters. The molecular formula is C12H8BrClN2O2. The van der Waals surface area contributed by atoms with E-state index in [0.717, 1.165) is 5.56 Å². The minimum absolute atomic E-state index is 0.0334. The van der Waals surface area contributed by atoms with Crippen LogP contribution >= 0.6 is 27.5 Å². The molecule has 0 spiro atoms. The predicted octanol–water partition coefficient (Wildman–Crippen LogP) is 3.18. The van der Waals surface area contributed by atoms with Crippen LogP contribution in [0.25, 0.3) is 0 Å². The number of aromatic nitrogens is 2. The molecule has 1 aromatic heterocycles. The number of hydrogen-bond acceptors (Lipinski definition) is 3. The topological polar surface area (TPSA) is 63.1 Å². The fraction of sp³-hybridized carbons (Fsp3) is 0.0833. The Kier molecular flexibility index (Phi) is 3.93. The van der Waals surface area contributed by atoms with Gasteiger partial charge in [-0.3, -0.25) is 0 Å². The van der Waals surface area contributed by atoms with Crippen molar-refractivity contribution in [2.24, 2.45) is 0 Å². The summed E-state index contributed by atoms with van der Waals surface area (Å²) in [6, 6.07) is 7.25. The van der Waals surface area contributed by atoms with Gasteiger partial charge < -0.3 is 5.11 Å². The molecule has 0 bridgehead atoms. The van der Waals surface area contributed by atoms with Crippen molar-refractivity contribution in [3.05, 3.63) is 57.0 Å². The molecular weight excluding hydrogens is 320 g/mol. The number of carboxylic acids is 1. The average molecular weight is 328 g/mol. The lowest BCUT2D eigenvalue weighted by Crippen LogP contribution is -2.06. The zero-order valence-electron chi connectivity index (χ0n) is 9.10. The Hall–Kier alpha value is -1.46. The molecule has 2 rings (SSSR count). The molecule has 1 N–H and O–H groups in total. The van der Waals surface area contributed by atoms with E-state index in [1.54, 1.807) is 12.1 Å². The molecule has 0 aliphatic rings. The summed E-state index contributed by atoms with van der Waals surface area (Å²) in [5.74, 6) is -0.625. The molecule has 0 saturated carbocycles. The third-order valence-corrected chi connectivity index (χ3v) is 3.10. The minimum Gasteiger partial charge on any atom is -0.476 e. The van der Waals surface area contributed by atoms with Gasteiger partial charge in [0.05, 0.1) is 4.47 Å². The standard InChI is InChI=1S/C12H8BrClN2O2/c13-9-6-15-10(16-11(9)12(17)18)5-7-1-3-8(14)4-2-7/h1-4,6H,5H2,(H,17,18). The molecule has 2 aromatic rings. The second kappa shape index (κ2) is 5.46. The molecule has 1 heterocycles. The molecule has 18 heavy (non-hydrogen) atoms. The predicted molar refractivity (Wildman–Crippen MR) is 70.9 cm³/mol. The Morgan fingerprint density at radius 2 is 2.00 bits per heavy atom. The molecule has 6 heteroatoms. The molecule has 4 nitrogen and oxygen atoms in total. The maximum Gasteiger partial charge on any atom is 0.355 e. The van der Waals surface area contributed by atoms with E-state index in [4.69, 9.17) is 16.7 Å². The van der Waals surface area contributed by atoms with E-state index in [2.05, 4.69) is 25.9 Å². The van der Waals surface area contributed by atoms with Gasteiger partial charge in [0.2, 0.25) is 0 Å². The van der Waals surface area contributed by atoms with Crippen molar-refractivity contribution < 1.29 is 9.90 Å². The highest BCUT2D eigenvalue weighted by Crippen LogP contribution is 2.16. The fourth-order valence-corrected chi connectivity index (χ4v) is 1.91. The van der Waals surface area contributed by atoms with Gasteiger partial charge in [0.25, 0.3) is 0 Å². The Morgan fingerprint density at radius 3 is 2.61 bits per heavy atom. The van der Waals surface area contributed by atoms with Crippen LogP contribution in [0.2, 0.25) is 5.02 Å². The number of carboxylic acid groups (broad SMARTS) is 1. The van der Waals surface area contributed by atoms with Crippen molar-refractivity contribution in [1.29, 1.82) is 0 Å². The van der Waals surface area contributed by atoms with Crippen LogP contribution < -0.4 is 0 Å². The van der Waals surface area contributed by atoms with Crippen LogP contribution in [0.15, 0.2) is 34.9 Å². The van der Waals surface area contributed by atoms with Crippen molar-refractivity contribution in [2.75, 3.05) is 0 Å². The van der Waals surface area contributed by atoms with E-state index in [1.165, 1.54) is 6.20 Å². The molecule has 0 aliphatic heterocycles. The van der Waals surface area contributed by atoms with E-state index in [9.17, 15) is 4.79 Å². The summed E-state index contributed by atoms with van der Waals surface area (Å²) in [5.41, 5.74) is 0.937. The average Bonchev–Trinajstić information content (AvgIpc) is 2.34. The Morgan fingerprint density at radius 1 is 1.33 bits per heavy atom. The zero-order chi connectivity index (χ0) is 13.1. The molecule has 0 fully saturated rings. The molecule has 0 atom stereocenters. The SMILES string of the molecule is O=C(O)c1nc(Cc2ccc(Cl)cc2)ncc1Br. The molecule has 1 aromatic carbocycles. The van der Waals surface area contributed by atoms with Crippen LogP contribution in [0.3, 0.4) is 0 Å². The number of aromatic carboxylic acids is 1. The highest BCUT2D eigenvalue weighted by molar-refractivity contribution is 9.10. The van der Waals surface area contributed by atoms with E-state index < -0.39 is 5.97 Å². The number of carbonyl (C=O) groups is 1. The summed E-state index contributed by atoms with van der Waals surface area (Å²) in [5, 5.41) is 9.61. The zero-order valence-corrected chi connectivity index (χ0v) is 11.4. The van der Waals surface area contributed by atoms with Crippen molar-refractivity contribution >= 4 is 33.5 Å². The highest BCUT2D eigenvalue weighted by atomic mass is 79.9.